The second kappa shape index (κ2) is 11.2. The summed E-state index contributed by atoms with van der Waals surface area (Å²) in [6.07, 6.45) is 1.93. The van der Waals surface area contributed by atoms with Crippen molar-refractivity contribution in [2.24, 2.45) is 0 Å². The topological polar surface area (TPSA) is 64.5 Å². The predicted molar refractivity (Wildman–Crippen MR) is 197 cm³/mol. The number of aromatic nitrogens is 5. The quantitative estimate of drug-likeness (QED) is 0.184. The van der Waals surface area contributed by atoms with Crippen LogP contribution < -0.4 is 0 Å². The van der Waals surface area contributed by atoms with Crippen LogP contribution in [0.25, 0.3) is 88.8 Å². The summed E-state index contributed by atoms with van der Waals surface area (Å²) >= 11 is 0. The van der Waals surface area contributed by atoms with E-state index >= 15 is 0 Å². The van der Waals surface area contributed by atoms with Gasteiger partial charge in [-0.1, -0.05) is 139 Å². The number of aryl methyl sites for hydroxylation is 2. The summed E-state index contributed by atoms with van der Waals surface area (Å²) < 4.78 is 0. The predicted octanol–water partition coefficient (Wildman–Crippen LogP) is 10.6. The van der Waals surface area contributed by atoms with E-state index in [0.29, 0.717) is 23.2 Å². The molecule has 5 nitrogen and oxygen atoms in total. The third kappa shape index (κ3) is 4.67. The molecular weight excluding hydrogens is 587 g/mol. The Hall–Kier alpha value is -6.33. The fourth-order valence-corrected chi connectivity index (χ4v) is 6.63. The van der Waals surface area contributed by atoms with Crippen LogP contribution in [0.4, 0.5) is 0 Å². The first-order valence-corrected chi connectivity index (χ1v) is 16.1. The number of nitrogens with zero attached hydrogens (tertiary/aromatic N) is 5. The molecule has 0 spiro atoms. The summed E-state index contributed by atoms with van der Waals surface area (Å²) in [5.41, 5.74) is 7.74. The number of fused-ring (bicyclic) bond motifs is 6. The molecule has 0 saturated heterocycles. The van der Waals surface area contributed by atoms with E-state index in [1.165, 1.54) is 27.3 Å². The van der Waals surface area contributed by atoms with Crippen LogP contribution in [0.5, 0.6) is 0 Å². The van der Waals surface area contributed by atoms with E-state index in [2.05, 4.69) is 135 Å². The Labute approximate surface area is 277 Å². The molecule has 48 heavy (non-hydrogen) atoms. The summed E-state index contributed by atoms with van der Waals surface area (Å²) in [5.74, 6) is 1.75. The molecule has 0 fully saturated rings. The van der Waals surface area contributed by atoms with E-state index < -0.39 is 0 Å². The van der Waals surface area contributed by atoms with E-state index in [1.807, 2.05) is 18.3 Å². The van der Waals surface area contributed by atoms with Crippen LogP contribution in [0.1, 0.15) is 11.1 Å². The summed E-state index contributed by atoms with van der Waals surface area (Å²) in [6.45, 7) is 4.15. The molecule has 0 aliphatic rings. The minimum absolute atomic E-state index is 0.529. The van der Waals surface area contributed by atoms with E-state index in [4.69, 9.17) is 24.9 Å². The number of pyridine rings is 2. The van der Waals surface area contributed by atoms with Crippen LogP contribution >= 0.6 is 0 Å². The van der Waals surface area contributed by atoms with Gasteiger partial charge in [0.15, 0.2) is 17.5 Å². The van der Waals surface area contributed by atoms with Gasteiger partial charge in [-0.3, -0.25) is 4.98 Å². The van der Waals surface area contributed by atoms with Gasteiger partial charge in [-0.15, -0.1) is 0 Å². The van der Waals surface area contributed by atoms with Crippen LogP contribution in [-0.4, -0.2) is 24.9 Å². The minimum Gasteiger partial charge on any atom is -0.252 e. The molecule has 3 heterocycles. The first-order valence-electron chi connectivity index (χ1n) is 16.1. The second-order valence-electron chi connectivity index (χ2n) is 12.3. The Balaban J connectivity index is 1.30. The Bertz CT molecular complexity index is 2600. The molecule has 0 atom stereocenters. The lowest BCUT2D eigenvalue weighted by molar-refractivity contribution is 1.06. The van der Waals surface area contributed by atoms with Gasteiger partial charge in [-0.25, -0.2) is 19.9 Å². The molecule has 0 N–H and O–H groups in total. The van der Waals surface area contributed by atoms with Gasteiger partial charge < -0.3 is 0 Å². The van der Waals surface area contributed by atoms with Gasteiger partial charge in [0.25, 0.3) is 0 Å². The highest BCUT2D eigenvalue weighted by atomic mass is 15.0. The lowest BCUT2D eigenvalue weighted by Gasteiger charge is -2.15. The van der Waals surface area contributed by atoms with Gasteiger partial charge in [0.05, 0.1) is 11.2 Å². The molecule has 3 aromatic heterocycles. The van der Waals surface area contributed by atoms with E-state index in [-0.39, 0.29) is 0 Å². The maximum atomic E-state index is 5.27. The third-order valence-electron chi connectivity index (χ3n) is 9.11. The number of hydrogen-bond donors (Lipinski definition) is 0. The lowest BCUT2D eigenvalue weighted by atomic mass is 9.94. The van der Waals surface area contributed by atoms with E-state index in [0.717, 1.165) is 49.4 Å². The van der Waals surface area contributed by atoms with Crippen LogP contribution in [0.3, 0.4) is 0 Å². The summed E-state index contributed by atoms with van der Waals surface area (Å²) in [5, 5.41) is 7.83. The van der Waals surface area contributed by atoms with Gasteiger partial charge in [-0.2, -0.15) is 0 Å². The molecule has 0 saturated carbocycles. The van der Waals surface area contributed by atoms with E-state index in [9.17, 15) is 0 Å². The molecule has 9 aromatic rings. The summed E-state index contributed by atoms with van der Waals surface area (Å²) in [7, 11) is 0. The Morgan fingerprint density at radius 3 is 1.65 bits per heavy atom. The Kier molecular flexibility index (Phi) is 6.51. The van der Waals surface area contributed by atoms with Crippen LogP contribution in [-0.2, 0) is 0 Å². The Morgan fingerprint density at radius 1 is 0.396 bits per heavy atom. The fourth-order valence-electron chi connectivity index (χ4n) is 6.63. The SMILES string of the molecule is Cc1ccc(-c2nc(-c3ccc(C)cc3)nc(-c3ncc(-c4nc5ccccc5c5c4ccc4ccccc45)c4ccccc34)n2)cc1. The second-order valence-corrected chi connectivity index (χ2v) is 12.3. The standard InChI is InChI=1S/C43H29N5/c1-26-15-19-29(20-16-26)41-46-42(30-21-17-27(2)18-22-30)48-43(47-41)40-33-12-6-5-11-32(33)36(25-44-40)39-35-24-23-28-9-3-4-10-31(28)38(35)34-13-7-8-14-37(34)45-39/h3-25H,1-2H3. The van der Waals surface area contributed by atoms with E-state index in [1.54, 1.807) is 0 Å². The highest BCUT2D eigenvalue weighted by molar-refractivity contribution is 6.23. The monoisotopic (exact) mass is 615 g/mol. The van der Waals surface area contributed by atoms with Crippen molar-refractivity contribution in [2.75, 3.05) is 0 Å². The van der Waals surface area contributed by atoms with Gasteiger partial charge in [-0.05, 0) is 36.1 Å². The molecule has 0 amide bonds. The summed E-state index contributed by atoms with van der Waals surface area (Å²) in [6, 6.07) is 46.2. The van der Waals surface area contributed by atoms with Gasteiger partial charge in [0.1, 0.15) is 5.69 Å². The van der Waals surface area contributed by atoms with Gasteiger partial charge in [0, 0.05) is 44.4 Å². The smallest absolute Gasteiger partial charge is 0.183 e. The Morgan fingerprint density at radius 2 is 0.958 bits per heavy atom. The van der Waals surface area contributed by atoms with Crippen molar-refractivity contribution < 1.29 is 0 Å². The van der Waals surface area contributed by atoms with Crippen molar-refractivity contribution in [1.29, 1.82) is 0 Å². The van der Waals surface area contributed by atoms with Crippen LogP contribution in [0.2, 0.25) is 0 Å². The van der Waals surface area contributed by atoms with Gasteiger partial charge >= 0.3 is 0 Å². The highest BCUT2D eigenvalue weighted by Gasteiger charge is 2.20. The molecule has 6 aromatic carbocycles. The normalized spacial score (nSPS) is 11.5. The van der Waals surface area contributed by atoms with Crippen molar-refractivity contribution in [3.8, 4) is 45.6 Å². The van der Waals surface area contributed by atoms with Crippen molar-refractivity contribution in [1.82, 2.24) is 24.9 Å². The van der Waals surface area contributed by atoms with Crippen LogP contribution in [0.15, 0.2) is 140 Å². The molecule has 226 valence electrons. The zero-order valence-electron chi connectivity index (χ0n) is 26.5. The zero-order valence-corrected chi connectivity index (χ0v) is 26.5. The first-order chi connectivity index (χ1) is 23.6. The molecule has 0 unspecified atom stereocenters. The molecular formula is C43H29N5. The maximum Gasteiger partial charge on any atom is 0.183 e. The van der Waals surface area contributed by atoms with Crippen molar-refractivity contribution in [2.45, 2.75) is 13.8 Å². The zero-order chi connectivity index (χ0) is 32.2. The lowest BCUT2D eigenvalue weighted by Crippen LogP contribution is -2.02. The molecule has 0 aliphatic carbocycles. The maximum absolute atomic E-state index is 5.27. The minimum atomic E-state index is 0.529. The van der Waals surface area contributed by atoms with Gasteiger partial charge in [0.2, 0.25) is 0 Å². The molecule has 9 rings (SSSR count). The molecule has 0 aliphatic heterocycles. The number of benzene rings is 6. The molecule has 0 radical (unpaired) electrons. The largest absolute Gasteiger partial charge is 0.252 e. The average molecular weight is 616 g/mol. The fraction of sp³-hybridized carbons (Fsp3) is 0.0465. The average Bonchev–Trinajstić information content (AvgIpc) is 3.14. The van der Waals surface area contributed by atoms with Crippen LogP contribution in [0, 0.1) is 13.8 Å². The number of rotatable bonds is 4. The van der Waals surface area contributed by atoms with Crippen molar-refractivity contribution in [3.05, 3.63) is 151 Å². The number of hydrogen-bond acceptors (Lipinski definition) is 5. The first kappa shape index (κ1) is 27.9. The third-order valence-corrected chi connectivity index (χ3v) is 9.11. The number of para-hydroxylation sites is 1. The van der Waals surface area contributed by atoms with Crippen molar-refractivity contribution in [3.63, 3.8) is 0 Å². The molecule has 5 heteroatoms. The highest BCUT2D eigenvalue weighted by Crippen LogP contribution is 2.40. The van der Waals surface area contributed by atoms with Crippen molar-refractivity contribution >= 4 is 43.2 Å². The molecule has 0 bridgehead atoms. The summed E-state index contributed by atoms with van der Waals surface area (Å²) in [4.78, 5) is 25.4.